The van der Waals surface area contributed by atoms with Crippen LogP contribution in [-0.4, -0.2) is 33.0 Å². The third-order valence-corrected chi connectivity index (χ3v) is 8.43. The summed E-state index contributed by atoms with van der Waals surface area (Å²) < 4.78 is 11.0. The van der Waals surface area contributed by atoms with E-state index in [2.05, 4.69) is 47.0 Å². The molecule has 0 saturated carbocycles. The molecule has 0 saturated heterocycles. The van der Waals surface area contributed by atoms with Gasteiger partial charge in [0.1, 0.15) is 0 Å². The molecule has 0 bridgehead atoms. The Labute approximate surface area is 130 Å². The predicted octanol–water partition coefficient (Wildman–Crippen LogP) is 4.90. The number of carbonyl (C=O) groups is 1. The lowest BCUT2D eigenvalue weighted by molar-refractivity contribution is 0.147. The van der Waals surface area contributed by atoms with Crippen molar-refractivity contribution in [1.29, 1.82) is 0 Å². The number of ether oxygens (including phenoxy) is 1. The van der Waals surface area contributed by atoms with Crippen molar-refractivity contribution in [2.45, 2.75) is 58.7 Å². The van der Waals surface area contributed by atoms with Gasteiger partial charge in [0, 0.05) is 19.4 Å². The van der Waals surface area contributed by atoms with E-state index in [-0.39, 0.29) is 5.04 Å². The van der Waals surface area contributed by atoms with E-state index in [0.29, 0.717) is 18.8 Å². The summed E-state index contributed by atoms with van der Waals surface area (Å²) in [5.41, 5.74) is 0.722. The first kappa shape index (κ1) is 19.9. The minimum absolute atomic E-state index is 0.214. The largest absolute Gasteiger partial charge is 0.418 e. The van der Waals surface area contributed by atoms with E-state index < -0.39 is 14.4 Å². The van der Waals surface area contributed by atoms with Gasteiger partial charge in [0.15, 0.2) is 8.32 Å². The highest BCUT2D eigenvalue weighted by atomic mass is 28.4. The van der Waals surface area contributed by atoms with E-state index in [1.807, 2.05) is 0 Å². The third kappa shape index (κ3) is 6.95. The molecule has 0 aliphatic carbocycles. The van der Waals surface area contributed by atoms with E-state index >= 15 is 0 Å². The monoisotopic (exact) mass is 313 g/mol. The quantitative estimate of drug-likeness (QED) is 0.381. The molecule has 122 valence electrons. The maximum atomic E-state index is 11.7. The normalized spacial score (nSPS) is 12.0. The Hall–Kier alpha value is -1.07. The van der Waals surface area contributed by atoms with Crippen LogP contribution in [0, 0.1) is 0 Å². The van der Waals surface area contributed by atoms with Crippen LogP contribution in [0.5, 0.6) is 0 Å². The molecule has 0 rings (SSSR count). The van der Waals surface area contributed by atoms with Crippen molar-refractivity contribution in [2.75, 3.05) is 13.7 Å². The Kier molecular flexibility index (Phi) is 7.40. The van der Waals surface area contributed by atoms with Gasteiger partial charge in [-0.25, -0.2) is 4.79 Å². The Morgan fingerprint density at radius 1 is 1.24 bits per heavy atom. The summed E-state index contributed by atoms with van der Waals surface area (Å²) in [5, 5.41) is 0.214. The van der Waals surface area contributed by atoms with Gasteiger partial charge in [-0.15, -0.1) is 0 Å². The summed E-state index contributed by atoms with van der Waals surface area (Å²) in [4.78, 5) is 13.1. The zero-order valence-corrected chi connectivity index (χ0v) is 15.7. The summed E-state index contributed by atoms with van der Waals surface area (Å²) in [5.74, 6) is 0.376. The van der Waals surface area contributed by atoms with Crippen LogP contribution in [0.15, 0.2) is 24.6 Å². The molecule has 0 fully saturated rings. The molecule has 0 N–H and O–H groups in total. The number of carbonyl (C=O) groups excluding carboxylic acids is 1. The molecule has 5 heteroatoms. The van der Waals surface area contributed by atoms with Crippen LogP contribution >= 0.6 is 0 Å². The van der Waals surface area contributed by atoms with Gasteiger partial charge in [-0.2, -0.15) is 0 Å². The zero-order valence-electron chi connectivity index (χ0n) is 14.7. The summed E-state index contributed by atoms with van der Waals surface area (Å²) in [6.45, 7) is 20.9. The Balaban J connectivity index is 4.16. The predicted molar refractivity (Wildman–Crippen MR) is 90.6 cm³/mol. The van der Waals surface area contributed by atoms with Crippen LogP contribution in [0.4, 0.5) is 4.79 Å². The summed E-state index contributed by atoms with van der Waals surface area (Å²) in [7, 11) is -0.0391. The van der Waals surface area contributed by atoms with E-state index in [1.54, 1.807) is 14.0 Å². The Bertz CT molecular complexity index is 397. The highest BCUT2D eigenvalue weighted by Gasteiger charge is 2.36. The van der Waals surface area contributed by atoms with Crippen molar-refractivity contribution in [2.24, 2.45) is 0 Å². The number of hydrogen-bond acceptors (Lipinski definition) is 3. The number of amides is 1. The third-order valence-electron chi connectivity index (χ3n) is 3.89. The minimum atomic E-state index is -1.69. The van der Waals surface area contributed by atoms with Gasteiger partial charge in [-0.3, -0.25) is 4.90 Å². The summed E-state index contributed by atoms with van der Waals surface area (Å²) in [6.07, 6.45) is 1.10. The molecule has 0 aliphatic heterocycles. The molecule has 21 heavy (non-hydrogen) atoms. The topological polar surface area (TPSA) is 38.8 Å². The SMILES string of the molecule is C=C(C)OC(=O)N(C)C(=C)CCCO[Si](C)(C)C(C)(C)C. The first-order chi connectivity index (χ1) is 9.38. The molecule has 0 radical (unpaired) electrons. The number of rotatable bonds is 7. The summed E-state index contributed by atoms with van der Waals surface area (Å²) in [6, 6.07) is 0. The van der Waals surface area contributed by atoms with Crippen LogP contribution in [0.3, 0.4) is 0 Å². The average Bonchev–Trinajstić information content (AvgIpc) is 2.31. The molecule has 4 nitrogen and oxygen atoms in total. The van der Waals surface area contributed by atoms with Crippen molar-refractivity contribution < 1.29 is 14.0 Å². The molecule has 0 aliphatic rings. The molecule has 0 heterocycles. The number of nitrogens with zero attached hydrogens (tertiary/aromatic N) is 1. The van der Waals surface area contributed by atoms with Gasteiger partial charge in [0.25, 0.3) is 0 Å². The fourth-order valence-corrected chi connectivity index (χ4v) is 2.42. The fraction of sp³-hybridized carbons (Fsp3) is 0.688. The van der Waals surface area contributed by atoms with Crippen molar-refractivity contribution in [3.8, 4) is 0 Å². The molecule has 0 aromatic rings. The molecule has 0 spiro atoms. The first-order valence-corrected chi connectivity index (χ1v) is 10.2. The van der Waals surface area contributed by atoms with Crippen LogP contribution in [0.25, 0.3) is 0 Å². The number of hydrogen-bond donors (Lipinski definition) is 0. The van der Waals surface area contributed by atoms with Crippen LogP contribution in [0.1, 0.15) is 40.5 Å². The van der Waals surface area contributed by atoms with Gasteiger partial charge < -0.3 is 9.16 Å². The maximum absolute atomic E-state index is 11.7. The maximum Gasteiger partial charge on any atom is 0.418 e. The lowest BCUT2D eigenvalue weighted by atomic mass is 10.2. The second-order valence-electron chi connectivity index (χ2n) is 6.91. The molecule has 0 aromatic carbocycles. The van der Waals surface area contributed by atoms with E-state index in [9.17, 15) is 4.79 Å². The van der Waals surface area contributed by atoms with Gasteiger partial charge in [0.05, 0.1) is 5.76 Å². The van der Waals surface area contributed by atoms with Crippen molar-refractivity contribution in [3.63, 3.8) is 0 Å². The van der Waals surface area contributed by atoms with Crippen LogP contribution < -0.4 is 0 Å². The van der Waals surface area contributed by atoms with Gasteiger partial charge in [-0.05, 0) is 37.9 Å². The molecule has 1 amide bonds. The molecule has 0 unspecified atom stereocenters. The van der Waals surface area contributed by atoms with Crippen molar-refractivity contribution >= 4 is 14.4 Å². The van der Waals surface area contributed by atoms with E-state index in [1.165, 1.54) is 4.90 Å². The zero-order chi connectivity index (χ0) is 16.8. The van der Waals surface area contributed by atoms with Gasteiger partial charge in [-0.1, -0.05) is 33.9 Å². The van der Waals surface area contributed by atoms with Crippen molar-refractivity contribution in [3.05, 3.63) is 24.6 Å². The standard InChI is InChI=1S/C16H31NO3Si/c1-13(2)20-15(18)17(7)14(3)11-10-12-19-21(8,9)16(4,5)6/h1,3,10-12H2,2,4-9H3. The second-order valence-corrected chi connectivity index (χ2v) is 11.7. The smallest absolute Gasteiger partial charge is 0.417 e. The first-order valence-electron chi connectivity index (χ1n) is 7.31. The van der Waals surface area contributed by atoms with E-state index in [4.69, 9.17) is 9.16 Å². The molecule has 0 atom stereocenters. The highest BCUT2D eigenvalue weighted by molar-refractivity contribution is 6.74. The van der Waals surface area contributed by atoms with Crippen LogP contribution in [-0.2, 0) is 9.16 Å². The Morgan fingerprint density at radius 2 is 1.76 bits per heavy atom. The molecular weight excluding hydrogens is 282 g/mol. The summed E-state index contributed by atoms with van der Waals surface area (Å²) >= 11 is 0. The van der Waals surface area contributed by atoms with E-state index in [0.717, 1.165) is 12.1 Å². The fourth-order valence-electron chi connectivity index (χ4n) is 1.33. The Morgan fingerprint density at radius 3 is 2.19 bits per heavy atom. The average molecular weight is 314 g/mol. The second kappa shape index (κ2) is 7.80. The lowest BCUT2D eigenvalue weighted by Gasteiger charge is -2.36. The molecular formula is C16H31NO3Si. The van der Waals surface area contributed by atoms with Gasteiger partial charge in [0.2, 0.25) is 0 Å². The number of allylic oxidation sites excluding steroid dienone is 2. The van der Waals surface area contributed by atoms with Gasteiger partial charge >= 0.3 is 6.09 Å². The highest BCUT2D eigenvalue weighted by Crippen LogP contribution is 2.36. The van der Waals surface area contributed by atoms with Crippen molar-refractivity contribution in [1.82, 2.24) is 4.90 Å². The molecule has 0 aromatic heterocycles. The van der Waals surface area contributed by atoms with Crippen LogP contribution in [0.2, 0.25) is 18.1 Å². The minimum Gasteiger partial charge on any atom is -0.417 e. The lowest BCUT2D eigenvalue weighted by Crippen LogP contribution is -2.41.